The van der Waals surface area contributed by atoms with Crippen LogP contribution in [0.3, 0.4) is 0 Å². The van der Waals surface area contributed by atoms with Crippen molar-refractivity contribution in [2.75, 3.05) is 0 Å². The molecular weight excluding hydrogens is 270 g/mol. The van der Waals surface area contributed by atoms with Gasteiger partial charge in [0, 0.05) is 16.1 Å². The minimum absolute atomic E-state index is 0.166. The Labute approximate surface area is 121 Å². The second kappa shape index (κ2) is 5.53. The molecule has 3 N–H and O–H groups in total. The SMILES string of the molecule is NCc1ccc2sc(COc3ccccc3O)cc2c1. The van der Waals surface area contributed by atoms with Crippen LogP contribution in [-0.2, 0) is 13.2 Å². The van der Waals surface area contributed by atoms with Gasteiger partial charge in [0.25, 0.3) is 0 Å². The molecule has 0 fully saturated rings. The zero-order valence-electron chi connectivity index (χ0n) is 10.9. The third-order valence-electron chi connectivity index (χ3n) is 3.10. The Kier molecular flexibility index (Phi) is 3.58. The molecule has 2 aromatic carbocycles. The second-order valence-electron chi connectivity index (χ2n) is 4.55. The first-order chi connectivity index (χ1) is 9.76. The van der Waals surface area contributed by atoms with E-state index in [0.717, 1.165) is 10.4 Å². The molecule has 20 heavy (non-hydrogen) atoms. The van der Waals surface area contributed by atoms with E-state index in [-0.39, 0.29) is 5.75 Å². The summed E-state index contributed by atoms with van der Waals surface area (Å²) in [4.78, 5) is 1.12. The summed E-state index contributed by atoms with van der Waals surface area (Å²) >= 11 is 1.69. The number of hydrogen-bond donors (Lipinski definition) is 2. The number of benzene rings is 2. The van der Waals surface area contributed by atoms with E-state index < -0.39 is 0 Å². The van der Waals surface area contributed by atoms with E-state index in [1.54, 1.807) is 29.5 Å². The van der Waals surface area contributed by atoms with Crippen molar-refractivity contribution >= 4 is 21.4 Å². The minimum atomic E-state index is 0.166. The van der Waals surface area contributed by atoms with E-state index in [4.69, 9.17) is 10.5 Å². The van der Waals surface area contributed by atoms with E-state index >= 15 is 0 Å². The highest BCUT2D eigenvalue weighted by molar-refractivity contribution is 7.19. The van der Waals surface area contributed by atoms with Crippen molar-refractivity contribution in [2.24, 2.45) is 5.73 Å². The highest BCUT2D eigenvalue weighted by Gasteiger charge is 2.05. The molecule has 0 amide bonds. The Morgan fingerprint density at radius 1 is 1.10 bits per heavy atom. The molecule has 0 unspecified atom stereocenters. The molecule has 3 aromatic rings. The number of fused-ring (bicyclic) bond motifs is 1. The maximum absolute atomic E-state index is 9.66. The zero-order valence-corrected chi connectivity index (χ0v) is 11.7. The molecule has 0 aliphatic carbocycles. The fraction of sp³-hybridized carbons (Fsp3) is 0.125. The van der Waals surface area contributed by atoms with Gasteiger partial charge in [0.2, 0.25) is 0 Å². The highest BCUT2D eigenvalue weighted by Crippen LogP contribution is 2.29. The third-order valence-corrected chi connectivity index (χ3v) is 4.19. The Morgan fingerprint density at radius 2 is 1.95 bits per heavy atom. The first-order valence-electron chi connectivity index (χ1n) is 6.38. The first kappa shape index (κ1) is 13.0. The molecule has 3 nitrogen and oxygen atoms in total. The molecule has 3 rings (SSSR count). The monoisotopic (exact) mass is 285 g/mol. The van der Waals surface area contributed by atoms with Crippen LogP contribution in [0.15, 0.2) is 48.5 Å². The predicted molar refractivity (Wildman–Crippen MR) is 82.2 cm³/mol. The summed E-state index contributed by atoms with van der Waals surface area (Å²) in [5.74, 6) is 0.673. The van der Waals surface area contributed by atoms with Crippen LogP contribution in [0.25, 0.3) is 10.1 Å². The van der Waals surface area contributed by atoms with Gasteiger partial charge >= 0.3 is 0 Å². The molecule has 102 valence electrons. The third kappa shape index (κ3) is 2.61. The number of para-hydroxylation sites is 2. The van der Waals surface area contributed by atoms with Gasteiger partial charge in [-0.1, -0.05) is 18.2 Å². The fourth-order valence-electron chi connectivity index (χ4n) is 2.07. The number of nitrogens with two attached hydrogens (primary N) is 1. The van der Waals surface area contributed by atoms with Crippen molar-refractivity contribution < 1.29 is 9.84 Å². The number of phenolic OH excluding ortho intramolecular Hbond substituents is 1. The molecule has 1 heterocycles. The van der Waals surface area contributed by atoms with Crippen LogP contribution in [0.5, 0.6) is 11.5 Å². The van der Waals surface area contributed by atoms with Gasteiger partial charge in [-0.15, -0.1) is 11.3 Å². The number of thiophene rings is 1. The maximum atomic E-state index is 9.66. The van der Waals surface area contributed by atoms with Crippen molar-refractivity contribution in [3.63, 3.8) is 0 Å². The van der Waals surface area contributed by atoms with Gasteiger partial charge in [0.05, 0.1) is 0 Å². The van der Waals surface area contributed by atoms with Crippen molar-refractivity contribution in [2.45, 2.75) is 13.2 Å². The van der Waals surface area contributed by atoms with E-state index in [9.17, 15) is 5.11 Å². The van der Waals surface area contributed by atoms with Crippen LogP contribution < -0.4 is 10.5 Å². The summed E-state index contributed by atoms with van der Waals surface area (Å²) in [5, 5.41) is 10.8. The molecule has 0 bridgehead atoms. The van der Waals surface area contributed by atoms with Crippen molar-refractivity contribution in [3.8, 4) is 11.5 Å². The van der Waals surface area contributed by atoms with Gasteiger partial charge < -0.3 is 15.6 Å². The van der Waals surface area contributed by atoms with Crippen molar-refractivity contribution in [1.82, 2.24) is 0 Å². The van der Waals surface area contributed by atoms with Crippen LogP contribution in [0, 0.1) is 0 Å². The van der Waals surface area contributed by atoms with Gasteiger partial charge in [0.1, 0.15) is 6.61 Å². The fourth-order valence-corrected chi connectivity index (χ4v) is 3.03. The zero-order chi connectivity index (χ0) is 13.9. The summed E-state index contributed by atoms with van der Waals surface area (Å²) in [6.45, 7) is 1.00. The van der Waals surface area contributed by atoms with Crippen LogP contribution in [0.4, 0.5) is 0 Å². The molecular formula is C16H15NO2S. The quantitative estimate of drug-likeness (QED) is 0.769. The lowest BCUT2D eigenvalue weighted by atomic mass is 10.1. The van der Waals surface area contributed by atoms with E-state index in [0.29, 0.717) is 18.9 Å². The highest BCUT2D eigenvalue weighted by atomic mass is 32.1. The normalized spacial score (nSPS) is 10.8. The van der Waals surface area contributed by atoms with Crippen LogP contribution in [0.2, 0.25) is 0 Å². The number of aromatic hydroxyl groups is 1. The predicted octanol–water partition coefficient (Wildman–Crippen LogP) is 3.64. The molecule has 1 aromatic heterocycles. The topological polar surface area (TPSA) is 55.5 Å². The molecule has 0 saturated heterocycles. The smallest absolute Gasteiger partial charge is 0.161 e. The van der Waals surface area contributed by atoms with Gasteiger partial charge in [-0.25, -0.2) is 0 Å². The summed E-state index contributed by atoms with van der Waals surface area (Å²) in [6, 6.07) is 15.3. The molecule has 4 heteroatoms. The maximum Gasteiger partial charge on any atom is 0.161 e. The van der Waals surface area contributed by atoms with E-state index in [1.165, 1.54) is 10.1 Å². The Balaban J connectivity index is 1.79. The van der Waals surface area contributed by atoms with Crippen molar-refractivity contribution in [3.05, 3.63) is 59.0 Å². The minimum Gasteiger partial charge on any atom is -0.504 e. The van der Waals surface area contributed by atoms with Crippen LogP contribution >= 0.6 is 11.3 Å². The average Bonchev–Trinajstić information content (AvgIpc) is 2.88. The van der Waals surface area contributed by atoms with Gasteiger partial charge in [-0.05, 0) is 41.3 Å². The average molecular weight is 285 g/mol. The Morgan fingerprint density at radius 3 is 2.75 bits per heavy atom. The van der Waals surface area contributed by atoms with E-state index in [2.05, 4.69) is 18.2 Å². The Hall–Kier alpha value is -2.04. The van der Waals surface area contributed by atoms with Gasteiger partial charge in [-0.2, -0.15) is 0 Å². The lowest BCUT2D eigenvalue weighted by Gasteiger charge is -2.05. The lowest BCUT2D eigenvalue weighted by Crippen LogP contribution is -1.94. The molecule has 0 saturated carbocycles. The molecule has 0 aliphatic heterocycles. The van der Waals surface area contributed by atoms with Crippen molar-refractivity contribution in [1.29, 1.82) is 0 Å². The largest absolute Gasteiger partial charge is 0.504 e. The first-order valence-corrected chi connectivity index (χ1v) is 7.20. The summed E-state index contributed by atoms with van der Waals surface area (Å²) in [5.41, 5.74) is 6.78. The standard InChI is InChI=1S/C16H15NO2S/c17-9-11-5-6-16-12(7-11)8-13(20-16)10-19-15-4-2-1-3-14(15)18/h1-8,18H,9-10,17H2. The van der Waals surface area contributed by atoms with Crippen LogP contribution in [-0.4, -0.2) is 5.11 Å². The summed E-state index contributed by atoms with van der Waals surface area (Å²) in [7, 11) is 0. The number of hydrogen-bond acceptors (Lipinski definition) is 4. The second-order valence-corrected chi connectivity index (χ2v) is 5.71. The van der Waals surface area contributed by atoms with E-state index in [1.807, 2.05) is 12.1 Å². The lowest BCUT2D eigenvalue weighted by molar-refractivity contribution is 0.292. The summed E-state index contributed by atoms with van der Waals surface area (Å²) in [6.07, 6.45) is 0. The molecule has 0 spiro atoms. The number of phenols is 1. The van der Waals surface area contributed by atoms with Gasteiger partial charge in [0.15, 0.2) is 11.5 Å². The molecule has 0 atom stereocenters. The number of rotatable bonds is 4. The number of ether oxygens (including phenoxy) is 1. The summed E-state index contributed by atoms with van der Waals surface area (Å²) < 4.78 is 6.87. The molecule has 0 aliphatic rings. The molecule has 0 radical (unpaired) electrons. The Bertz CT molecular complexity index is 736. The van der Waals surface area contributed by atoms with Crippen LogP contribution in [0.1, 0.15) is 10.4 Å². The van der Waals surface area contributed by atoms with Gasteiger partial charge in [-0.3, -0.25) is 0 Å².